The third kappa shape index (κ3) is 3.52. The van der Waals surface area contributed by atoms with E-state index in [-0.39, 0.29) is 18.4 Å². The number of hydrogen-bond acceptors (Lipinski definition) is 4. The van der Waals surface area contributed by atoms with Crippen molar-refractivity contribution in [2.75, 3.05) is 13.7 Å². The molecule has 0 radical (unpaired) electrons. The normalized spacial score (nSPS) is 12.5. The summed E-state index contributed by atoms with van der Waals surface area (Å²) >= 11 is 0. The van der Waals surface area contributed by atoms with Crippen LogP contribution < -0.4 is 11.1 Å². The Morgan fingerprint density at radius 3 is 3.16 bits per heavy atom. The van der Waals surface area contributed by atoms with Crippen LogP contribution in [0.4, 0.5) is 0 Å². The van der Waals surface area contributed by atoms with E-state index in [9.17, 15) is 4.79 Å². The zero-order chi connectivity index (χ0) is 13.7. The molecule has 0 aliphatic heterocycles. The van der Waals surface area contributed by atoms with Gasteiger partial charge >= 0.3 is 0 Å². The lowest BCUT2D eigenvalue weighted by Crippen LogP contribution is -2.31. The summed E-state index contributed by atoms with van der Waals surface area (Å²) in [6.45, 7) is 0.813. The molecule has 2 heterocycles. The number of amides is 1. The quantitative estimate of drug-likeness (QED) is 0.785. The van der Waals surface area contributed by atoms with E-state index in [0.717, 1.165) is 11.2 Å². The van der Waals surface area contributed by atoms with Crippen LogP contribution in [0.1, 0.15) is 12.0 Å². The van der Waals surface area contributed by atoms with E-state index in [4.69, 9.17) is 10.5 Å². The van der Waals surface area contributed by atoms with Gasteiger partial charge in [0.05, 0.1) is 12.5 Å². The van der Waals surface area contributed by atoms with Crippen LogP contribution in [-0.2, 0) is 16.1 Å². The number of carbonyl (C=O) groups is 1. The maximum absolute atomic E-state index is 11.7. The molecular weight excluding hydrogens is 244 g/mol. The SMILES string of the molecule is COC(CN)CC(=O)NCc1ccn2ccnc2c1. The smallest absolute Gasteiger partial charge is 0.222 e. The molecule has 1 atom stereocenters. The van der Waals surface area contributed by atoms with Crippen molar-refractivity contribution in [2.45, 2.75) is 19.1 Å². The summed E-state index contributed by atoms with van der Waals surface area (Å²) in [6.07, 6.45) is 5.58. The van der Waals surface area contributed by atoms with Crippen LogP contribution in [-0.4, -0.2) is 35.1 Å². The van der Waals surface area contributed by atoms with Gasteiger partial charge in [0.25, 0.3) is 0 Å². The van der Waals surface area contributed by atoms with E-state index < -0.39 is 0 Å². The number of aromatic nitrogens is 2. The summed E-state index contributed by atoms with van der Waals surface area (Å²) in [5, 5.41) is 2.84. The van der Waals surface area contributed by atoms with E-state index in [1.165, 1.54) is 0 Å². The minimum absolute atomic E-state index is 0.0690. The first-order chi connectivity index (χ1) is 9.22. The molecule has 102 valence electrons. The molecule has 0 aliphatic carbocycles. The molecule has 1 amide bonds. The first-order valence-electron chi connectivity index (χ1n) is 6.14. The predicted octanol–water partition coefficient (Wildman–Crippen LogP) is 0.314. The van der Waals surface area contributed by atoms with Crippen molar-refractivity contribution in [3.05, 3.63) is 36.3 Å². The van der Waals surface area contributed by atoms with E-state index in [1.54, 1.807) is 13.3 Å². The fourth-order valence-electron chi connectivity index (χ4n) is 1.80. The molecule has 0 aliphatic rings. The fourth-order valence-corrected chi connectivity index (χ4v) is 1.80. The summed E-state index contributed by atoms with van der Waals surface area (Å²) in [7, 11) is 1.55. The summed E-state index contributed by atoms with van der Waals surface area (Å²) in [5.41, 5.74) is 7.35. The maximum Gasteiger partial charge on any atom is 0.222 e. The number of rotatable bonds is 6. The van der Waals surface area contributed by atoms with Crippen LogP contribution >= 0.6 is 0 Å². The predicted molar refractivity (Wildman–Crippen MR) is 71.5 cm³/mol. The Morgan fingerprint density at radius 1 is 1.58 bits per heavy atom. The number of fused-ring (bicyclic) bond motifs is 1. The lowest BCUT2D eigenvalue weighted by atomic mass is 10.2. The fraction of sp³-hybridized carbons (Fsp3) is 0.385. The van der Waals surface area contributed by atoms with Gasteiger partial charge in [-0.25, -0.2) is 4.98 Å². The van der Waals surface area contributed by atoms with E-state index >= 15 is 0 Å². The maximum atomic E-state index is 11.7. The van der Waals surface area contributed by atoms with Gasteiger partial charge in [0.1, 0.15) is 5.65 Å². The Balaban J connectivity index is 1.89. The molecule has 0 fully saturated rings. The average molecular weight is 262 g/mol. The van der Waals surface area contributed by atoms with Crippen LogP contribution in [0.2, 0.25) is 0 Å². The van der Waals surface area contributed by atoms with Crippen LogP contribution in [0.5, 0.6) is 0 Å². The Bertz CT molecular complexity index is 548. The van der Waals surface area contributed by atoms with Crippen LogP contribution in [0.15, 0.2) is 30.7 Å². The highest BCUT2D eigenvalue weighted by atomic mass is 16.5. The molecule has 2 rings (SSSR count). The number of hydrogen-bond donors (Lipinski definition) is 2. The first kappa shape index (κ1) is 13.5. The number of nitrogens with two attached hydrogens (primary N) is 1. The van der Waals surface area contributed by atoms with Gasteiger partial charge in [-0.15, -0.1) is 0 Å². The van der Waals surface area contributed by atoms with Gasteiger partial charge in [-0.3, -0.25) is 4.79 Å². The Labute approximate surface area is 111 Å². The molecule has 3 N–H and O–H groups in total. The van der Waals surface area contributed by atoms with Crippen molar-refractivity contribution in [1.29, 1.82) is 0 Å². The first-order valence-corrected chi connectivity index (χ1v) is 6.14. The number of nitrogens with zero attached hydrogens (tertiary/aromatic N) is 2. The molecule has 0 bridgehead atoms. The van der Waals surface area contributed by atoms with Crippen molar-refractivity contribution < 1.29 is 9.53 Å². The topological polar surface area (TPSA) is 81.6 Å². The Kier molecular flexibility index (Phi) is 4.48. The highest BCUT2D eigenvalue weighted by Gasteiger charge is 2.10. The number of carbonyl (C=O) groups excluding carboxylic acids is 1. The molecule has 6 nitrogen and oxygen atoms in total. The molecule has 0 aromatic carbocycles. The largest absolute Gasteiger partial charge is 0.380 e. The van der Waals surface area contributed by atoms with E-state index in [2.05, 4.69) is 10.3 Å². The minimum atomic E-state index is -0.227. The second kappa shape index (κ2) is 6.31. The zero-order valence-electron chi connectivity index (χ0n) is 10.9. The third-order valence-electron chi connectivity index (χ3n) is 2.96. The van der Waals surface area contributed by atoms with E-state index in [0.29, 0.717) is 13.1 Å². The van der Waals surface area contributed by atoms with Crippen LogP contribution in [0.25, 0.3) is 5.65 Å². The number of ether oxygens (including phenoxy) is 1. The number of nitrogens with one attached hydrogen (secondary N) is 1. The van der Waals surface area contributed by atoms with Gasteiger partial charge in [-0.2, -0.15) is 0 Å². The van der Waals surface area contributed by atoms with E-state index in [1.807, 2.05) is 28.9 Å². The molecule has 0 saturated heterocycles. The van der Waals surface area contributed by atoms with Crippen molar-refractivity contribution in [1.82, 2.24) is 14.7 Å². The van der Waals surface area contributed by atoms with Crippen molar-refractivity contribution in [3.63, 3.8) is 0 Å². The number of imidazole rings is 1. The molecular formula is C13H18N4O2. The van der Waals surface area contributed by atoms with Gasteiger partial charge in [-0.1, -0.05) is 0 Å². The van der Waals surface area contributed by atoms with Crippen LogP contribution in [0.3, 0.4) is 0 Å². The summed E-state index contributed by atoms with van der Waals surface area (Å²) in [6, 6.07) is 3.89. The second-order valence-electron chi connectivity index (χ2n) is 4.30. The second-order valence-corrected chi connectivity index (χ2v) is 4.30. The monoisotopic (exact) mass is 262 g/mol. The van der Waals surface area contributed by atoms with Gasteiger partial charge in [-0.05, 0) is 17.7 Å². The molecule has 2 aromatic heterocycles. The highest BCUT2D eigenvalue weighted by Crippen LogP contribution is 2.05. The van der Waals surface area contributed by atoms with Gasteiger partial charge in [0.15, 0.2) is 0 Å². The zero-order valence-corrected chi connectivity index (χ0v) is 10.9. The van der Waals surface area contributed by atoms with Gasteiger partial charge in [0.2, 0.25) is 5.91 Å². The minimum Gasteiger partial charge on any atom is -0.380 e. The van der Waals surface area contributed by atoms with Crippen molar-refractivity contribution in [2.24, 2.45) is 5.73 Å². The van der Waals surface area contributed by atoms with Gasteiger partial charge < -0.3 is 20.2 Å². The summed E-state index contributed by atoms with van der Waals surface area (Å²) in [4.78, 5) is 15.9. The molecule has 0 spiro atoms. The van der Waals surface area contributed by atoms with Crippen LogP contribution in [0, 0.1) is 0 Å². The lowest BCUT2D eigenvalue weighted by molar-refractivity contribution is -0.123. The molecule has 6 heteroatoms. The molecule has 19 heavy (non-hydrogen) atoms. The number of pyridine rings is 1. The summed E-state index contributed by atoms with van der Waals surface area (Å²) < 4.78 is 6.99. The van der Waals surface area contributed by atoms with Crippen molar-refractivity contribution in [3.8, 4) is 0 Å². The molecule has 1 unspecified atom stereocenters. The highest BCUT2D eigenvalue weighted by molar-refractivity contribution is 5.76. The Hall–Kier alpha value is -1.92. The lowest BCUT2D eigenvalue weighted by Gasteiger charge is -2.12. The molecule has 0 saturated carbocycles. The van der Waals surface area contributed by atoms with Crippen molar-refractivity contribution >= 4 is 11.6 Å². The van der Waals surface area contributed by atoms with Gasteiger partial charge in [0, 0.05) is 38.8 Å². The number of methoxy groups -OCH3 is 1. The molecule has 2 aromatic rings. The average Bonchev–Trinajstić information content (AvgIpc) is 2.89. The standard InChI is InChI=1S/C13H18N4O2/c1-19-11(8-14)7-13(18)16-9-10-2-4-17-5-3-15-12(17)6-10/h2-6,11H,7-9,14H2,1H3,(H,16,18). The Morgan fingerprint density at radius 2 is 2.42 bits per heavy atom. The summed E-state index contributed by atoms with van der Waals surface area (Å²) in [5.74, 6) is -0.0690. The third-order valence-corrected chi connectivity index (χ3v) is 2.96.